The molecule has 0 amide bonds. The molecule has 3 aromatic carbocycles. The van der Waals surface area contributed by atoms with Crippen molar-refractivity contribution in [1.82, 2.24) is 0 Å². The minimum atomic E-state index is 0.274. The molecule has 0 N–H and O–H groups in total. The topological polar surface area (TPSA) is 0 Å². The summed E-state index contributed by atoms with van der Waals surface area (Å²) < 4.78 is 0. The fourth-order valence-corrected chi connectivity index (χ4v) is 5.03. The third kappa shape index (κ3) is 4.66. The lowest BCUT2D eigenvalue weighted by molar-refractivity contribution is 0.795. The van der Waals surface area contributed by atoms with Crippen LogP contribution < -0.4 is 16.4 Å². The first-order chi connectivity index (χ1) is 13.8. The molecule has 0 radical (unpaired) electrons. The van der Waals surface area contributed by atoms with Gasteiger partial charge in [0.15, 0.2) is 0 Å². The average molecular weight is 382 g/mol. The molecule has 0 saturated carbocycles. The van der Waals surface area contributed by atoms with Gasteiger partial charge in [-0.1, -0.05) is 112 Å². The summed E-state index contributed by atoms with van der Waals surface area (Å²) in [7, 11) is 0. The molecule has 3 rings (SSSR count). The Kier molecular flexibility index (Phi) is 6.68. The van der Waals surface area contributed by atoms with Gasteiger partial charge in [0.2, 0.25) is 6.71 Å². The van der Waals surface area contributed by atoms with E-state index in [0.29, 0.717) is 0 Å². The summed E-state index contributed by atoms with van der Waals surface area (Å²) in [4.78, 5) is 0. The molecular weight excluding hydrogens is 347 g/mol. The highest BCUT2D eigenvalue weighted by Gasteiger charge is 2.28. The number of aryl methyl sites for hydroxylation is 7. The normalized spacial score (nSPS) is 11.0. The molecule has 150 valence electrons. The van der Waals surface area contributed by atoms with E-state index in [1.165, 1.54) is 74.6 Å². The zero-order valence-electron chi connectivity index (χ0n) is 19.3. The summed E-state index contributed by atoms with van der Waals surface area (Å²) in [6.45, 7) is 16.0. The van der Waals surface area contributed by atoms with E-state index in [9.17, 15) is 0 Å². The van der Waals surface area contributed by atoms with Crippen LogP contribution in [0.25, 0.3) is 0 Å². The van der Waals surface area contributed by atoms with Gasteiger partial charge in [-0.25, -0.2) is 0 Å². The van der Waals surface area contributed by atoms with Gasteiger partial charge in [-0.05, 0) is 59.9 Å². The minimum absolute atomic E-state index is 0.274. The monoisotopic (exact) mass is 382 g/mol. The molecule has 0 aromatic heterocycles. The molecule has 0 unspecified atom stereocenters. The van der Waals surface area contributed by atoms with Gasteiger partial charge in [0, 0.05) is 0 Å². The van der Waals surface area contributed by atoms with E-state index in [2.05, 4.69) is 97.0 Å². The van der Waals surface area contributed by atoms with Gasteiger partial charge in [0.1, 0.15) is 0 Å². The molecule has 0 spiro atoms. The first kappa shape index (κ1) is 21.4. The fourth-order valence-electron chi connectivity index (χ4n) is 5.03. The largest absolute Gasteiger partial charge is 0.242 e. The Morgan fingerprint density at radius 1 is 0.621 bits per heavy atom. The summed E-state index contributed by atoms with van der Waals surface area (Å²) in [5.74, 6) is 0. The van der Waals surface area contributed by atoms with Gasteiger partial charge >= 0.3 is 0 Å². The summed E-state index contributed by atoms with van der Waals surface area (Å²) in [6.07, 6.45) is 3.68. The molecule has 0 saturated heterocycles. The smallest absolute Gasteiger partial charge is 0.0686 e. The van der Waals surface area contributed by atoms with Crippen LogP contribution in [0.5, 0.6) is 0 Å². The first-order valence-corrected chi connectivity index (χ1v) is 11.1. The molecule has 0 aliphatic rings. The third-order valence-electron chi connectivity index (χ3n) is 6.19. The van der Waals surface area contributed by atoms with Crippen molar-refractivity contribution in [2.24, 2.45) is 0 Å². The number of benzene rings is 3. The molecule has 0 fully saturated rings. The standard InChI is InChI=1S/C28H35B/c1-8-9-10-25-11-13-26(14-12-25)29(27-21(4)15-19(2)16-22(27)5)28-23(6)17-20(3)18-24(28)7/h11-18H,8-10H2,1-7H3. The number of rotatable bonds is 6. The first-order valence-electron chi connectivity index (χ1n) is 11.1. The second-order valence-electron chi connectivity index (χ2n) is 8.90. The molecule has 0 bridgehead atoms. The van der Waals surface area contributed by atoms with Crippen LogP contribution in [0.15, 0.2) is 48.5 Å². The van der Waals surface area contributed by atoms with Crippen LogP contribution >= 0.6 is 0 Å². The van der Waals surface area contributed by atoms with Crippen LogP contribution in [0.1, 0.15) is 58.7 Å². The fraction of sp³-hybridized carbons (Fsp3) is 0.357. The van der Waals surface area contributed by atoms with Crippen LogP contribution in [0, 0.1) is 41.5 Å². The van der Waals surface area contributed by atoms with E-state index in [0.717, 1.165) is 0 Å². The molecule has 0 atom stereocenters. The maximum absolute atomic E-state index is 2.37. The van der Waals surface area contributed by atoms with Crippen molar-refractivity contribution in [2.45, 2.75) is 67.7 Å². The lowest BCUT2D eigenvalue weighted by Gasteiger charge is -2.24. The van der Waals surface area contributed by atoms with E-state index >= 15 is 0 Å². The van der Waals surface area contributed by atoms with Crippen LogP contribution in [-0.2, 0) is 6.42 Å². The highest BCUT2D eigenvalue weighted by Crippen LogP contribution is 2.13. The van der Waals surface area contributed by atoms with Crippen molar-refractivity contribution in [3.8, 4) is 0 Å². The summed E-state index contributed by atoms with van der Waals surface area (Å²) >= 11 is 0. The Morgan fingerprint density at radius 2 is 1.03 bits per heavy atom. The van der Waals surface area contributed by atoms with Gasteiger partial charge in [0.05, 0.1) is 0 Å². The summed E-state index contributed by atoms with van der Waals surface area (Å²) in [6, 6.07) is 18.8. The lowest BCUT2D eigenvalue weighted by atomic mass is 9.34. The predicted molar refractivity (Wildman–Crippen MR) is 131 cm³/mol. The van der Waals surface area contributed by atoms with Crippen LogP contribution in [0.3, 0.4) is 0 Å². The molecular formula is C28H35B. The molecule has 0 nitrogen and oxygen atoms in total. The van der Waals surface area contributed by atoms with Crippen molar-refractivity contribution in [1.29, 1.82) is 0 Å². The molecule has 3 aromatic rings. The molecule has 0 aliphatic carbocycles. The van der Waals surface area contributed by atoms with Gasteiger partial charge in [-0.3, -0.25) is 0 Å². The van der Waals surface area contributed by atoms with E-state index in [-0.39, 0.29) is 6.71 Å². The van der Waals surface area contributed by atoms with Gasteiger partial charge < -0.3 is 0 Å². The zero-order valence-corrected chi connectivity index (χ0v) is 19.3. The van der Waals surface area contributed by atoms with E-state index in [1.54, 1.807) is 0 Å². The summed E-state index contributed by atoms with van der Waals surface area (Å²) in [5, 5.41) is 0. The Hall–Kier alpha value is -2.28. The van der Waals surface area contributed by atoms with Crippen LogP contribution in [0.4, 0.5) is 0 Å². The summed E-state index contributed by atoms with van der Waals surface area (Å²) in [5.41, 5.74) is 14.0. The zero-order chi connectivity index (χ0) is 21.1. The maximum Gasteiger partial charge on any atom is 0.242 e. The van der Waals surface area contributed by atoms with E-state index in [4.69, 9.17) is 0 Å². The van der Waals surface area contributed by atoms with Crippen LogP contribution in [0.2, 0.25) is 0 Å². The highest BCUT2D eigenvalue weighted by molar-refractivity contribution is 6.96. The molecule has 0 aliphatic heterocycles. The Balaban J connectivity index is 2.21. The van der Waals surface area contributed by atoms with Gasteiger partial charge in [0.25, 0.3) is 0 Å². The maximum atomic E-state index is 2.37. The second kappa shape index (κ2) is 9.03. The van der Waals surface area contributed by atoms with Crippen molar-refractivity contribution in [2.75, 3.05) is 0 Å². The minimum Gasteiger partial charge on any atom is -0.0686 e. The number of hydrogen-bond acceptors (Lipinski definition) is 0. The van der Waals surface area contributed by atoms with E-state index in [1.807, 2.05) is 0 Å². The third-order valence-corrected chi connectivity index (χ3v) is 6.19. The molecule has 1 heteroatoms. The molecule has 29 heavy (non-hydrogen) atoms. The van der Waals surface area contributed by atoms with Crippen molar-refractivity contribution in [3.05, 3.63) is 87.5 Å². The highest BCUT2D eigenvalue weighted by atomic mass is 14.1. The Labute approximate surface area is 178 Å². The lowest BCUT2D eigenvalue weighted by Crippen LogP contribution is -2.55. The van der Waals surface area contributed by atoms with Gasteiger partial charge in [-0.15, -0.1) is 0 Å². The SMILES string of the molecule is CCCCc1ccc(B(c2c(C)cc(C)cc2C)c2c(C)cc(C)cc2C)cc1. The van der Waals surface area contributed by atoms with Crippen molar-refractivity contribution < 1.29 is 0 Å². The van der Waals surface area contributed by atoms with Crippen molar-refractivity contribution in [3.63, 3.8) is 0 Å². The second-order valence-corrected chi connectivity index (χ2v) is 8.90. The number of hydrogen-bond donors (Lipinski definition) is 0. The average Bonchev–Trinajstić information content (AvgIpc) is 2.64. The molecule has 0 heterocycles. The Bertz CT molecular complexity index is 892. The van der Waals surface area contributed by atoms with Crippen LogP contribution in [-0.4, -0.2) is 6.71 Å². The predicted octanol–water partition coefficient (Wildman–Crippen LogP) is 5.40. The number of unbranched alkanes of at least 4 members (excludes halogenated alkanes) is 1. The quantitative estimate of drug-likeness (QED) is 0.501. The van der Waals surface area contributed by atoms with E-state index < -0.39 is 0 Å². The Morgan fingerprint density at radius 3 is 1.41 bits per heavy atom. The van der Waals surface area contributed by atoms with Crippen molar-refractivity contribution >= 4 is 23.1 Å². The van der Waals surface area contributed by atoms with Gasteiger partial charge in [-0.2, -0.15) is 0 Å².